The molecule has 0 atom stereocenters. The molecule has 0 unspecified atom stereocenters. The monoisotopic (exact) mass is 292 g/mol. The fraction of sp³-hybridized carbons (Fsp3) is 0.308. The van der Waals surface area contributed by atoms with Crippen molar-refractivity contribution in [2.24, 2.45) is 0 Å². The summed E-state index contributed by atoms with van der Waals surface area (Å²) in [4.78, 5) is 27.1. The van der Waals surface area contributed by atoms with Crippen LogP contribution in [0.4, 0.5) is 5.69 Å². The smallest absolute Gasteiger partial charge is 0.247 e. The minimum Gasteiger partial charge on any atom is -0.310 e. The van der Waals surface area contributed by atoms with E-state index < -0.39 is 0 Å². The fourth-order valence-corrected chi connectivity index (χ4v) is 3.42. The Kier molecular flexibility index (Phi) is 3.28. The Bertz CT molecular complexity index is 558. The van der Waals surface area contributed by atoms with Crippen LogP contribution in [-0.2, 0) is 16.0 Å². The average Bonchev–Trinajstić information content (AvgIpc) is 2.97. The van der Waals surface area contributed by atoms with Gasteiger partial charge in [-0.05, 0) is 18.1 Å². The largest absolute Gasteiger partial charge is 0.310 e. The standard InChI is InChI=1S/C13H12N2O2S2/c16-11(7-15-12(17)8-19-13(15)18)14-6-5-9-3-1-2-4-10(9)14/h1-4H,5-8H2. The molecule has 1 aromatic carbocycles. The van der Waals surface area contributed by atoms with Gasteiger partial charge in [-0.3, -0.25) is 14.5 Å². The van der Waals surface area contributed by atoms with Crippen molar-refractivity contribution < 1.29 is 9.59 Å². The Morgan fingerprint density at radius 3 is 2.89 bits per heavy atom. The van der Waals surface area contributed by atoms with E-state index in [9.17, 15) is 9.59 Å². The molecule has 1 saturated heterocycles. The van der Waals surface area contributed by atoms with Gasteiger partial charge in [-0.1, -0.05) is 42.2 Å². The normalized spacial score (nSPS) is 18.1. The highest BCUT2D eigenvalue weighted by Gasteiger charge is 2.32. The molecule has 2 aliphatic rings. The van der Waals surface area contributed by atoms with Crippen LogP contribution in [0.5, 0.6) is 0 Å². The van der Waals surface area contributed by atoms with E-state index in [1.807, 2.05) is 24.3 Å². The molecule has 0 N–H and O–H groups in total. The van der Waals surface area contributed by atoms with Crippen LogP contribution in [0.2, 0.25) is 0 Å². The first-order valence-corrected chi connectivity index (χ1v) is 7.41. The fourth-order valence-electron chi connectivity index (χ4n) is 2.35. The first kappa shape index (κ1) is 12.6. The molecule has 0 aromatic heterocycles. The minimum absolute atomic E-state index is 0.0546. The van der Waals surface area contributed by atoms with Gasteiger partial charge in [0.2, 0.25) is 11.8 Å². The quantitative estimate of drug-likeness (QED) is 0.773. The number of fused-ring (bicyclic) bond motifs is 1. The number of nitrogens with zero attached hydrogens (tertiary/aromatic N) is 2. The number of para-hydroxylation sites is 1. The number of rotatable bonds is 2. The van der Waals surface area contributed by atoms with E-state index in [1.54, 1.807) is 4.90 Å². The van der Waals surface area contributed by atoms with E-state index >= 15 is 0 Å². The van der Waals surface area contributed by atoms with Crippen molar-refractivity contribution in [2.45, 2.75) is 6.42 Å². The molecular formula is C13H12N2O2S2. The lowest BCUT2D eigenvalue weighted by atomic mass is 10.2. The molecule has 1 fully saturated rings. The summed E-state index contributed by atoms with van der Waals surface area (Å²) in [5, 5.41) is 0. The van der Waals surface area contributed by atoms with Crippen molar-refractivity contribution in [1.82, 2.24) is 4.90 Å². The molecule has 2 amide bonds. The van der Waals surface area contributed by atoms with E-state index in [4.69, 9.17) is 12.2 Å². The number of thioether (sulfide) groups is 1. The third kappa shape index (κ3) is 2.26. The molecule has 2 aliphatic heterocycles. The second kappa shape index (κ2) is 4.94. The summed E-state index contributed by atoms with van der Waals surface area (Å²) in [6.07, 6.45) is 0.870. The number of amides is 2. The zero-order valence-corrected chi connectivity index (χ0v) is 11.8. The van der Waals surface area contributed by atoms with Gasteiger partial charge in [0.15, 0.2) is 0 Å². The van der Waals surface area contributed by atoms with Gasteiger partial charge in [-0.15, -0.1) is 0 Å². The molecule has 0 aliphatic carbocycles. The Morgan fingerprint density at radius 2 is 2.16 bits per heavy atom. The first-order valence-electron chi connectivity index (χ1n) is 6.02. The molecule has 4 nitrogen and oxygen atoms in total. The highest BCUT2D eigenvalue weighted by Crippen LogP contribution is 2.28. The lowest BCUT2D eigenvalue weighted by Crippen LogP contribution is -2.41. The maximum atomic E-state index is 12.3. The van der Waals surface area contributed by atoms with Gasteiger partial charge in [0.25, 0.3) is 0 Å². The van der Waals surface area contributed by atoms with Crippen LogP contribution in [0.25, 0.3) is 0 Å². The molecule has 0 bridgehead atoms. The van der Waals surface area contributed by atoms with Crippen molar-refractivity contribution in [3.8, 4) is 0 Å². The van der Waals surface area contributed by atoms with Gasteiger partial charge in [-0.25, -0.2) is 0 Å². The molecule has 0 saturated carbocycles. The van der Waals surface area contributed by atoms with Gasteiger partial charge in [0.1, 0.15) is 10.9 Å². The van der Waals surface area contributed by atoms with Gasteiger partial charge < -0.3 is 4.90 Å². The first-order chi connectivity index (χ1) is 9.16. The van der Waals surface area contributed by atoms with E-state index in [0.717, 1.165) is 12.1 Å². The maximum absolute atomic E-state index is 12.3. The average molecular weight is 292 g/mol. The van der Waals surface area contributed by atoms with Gasteiger partial charge in [0, 0.05) is 12.2 Å². The van der Waals surface area contributed by atoms with Crippen molar-refractivity contribution in [3.63, 3.8) is 0 Å². The summed E-state index contributed by atoms with van der Waals surface area (Å²) in [5.74, 6) is 0.210. The Morgan fingerprint density at radius 1 is 1.37 bits per heavy atom. The molecular weight excluding hydrogens is 280 g/mol. The van der Waals surface area contributed by atoms with E-state index in [0.29, 0.717) is 16.6 Å². The minimum atomic E-state index is -0.0733. The van der Waals surface area contributed by atoms with E-state index in [1.165, 1.54) is 22.2 Å². The van der Waals surface area contributed by atoms with Crippen molar-refractivity contribution >= 4 is 45.8 Å². The third-order valence-corrected chi connectivity index (χ3v) is 4.75. The third-order valence-electron chi connectivity index (χ3n) is 3.32. The maximum Gasteiger partial charge on any atom is 0.247 e. The summed E-state index contributed by atoms with van der Waals surface area (Å²) in [7, 11) is 0. The van der Waals surface area contributed by atoms with Crippen LogP contribution in [0, 0.1) is 0 Å². The van der Waals surface area contributed by atoms with Crippen LogP contribution in [0.15, 0.2) is 24.3 Å². The Balaban J connectivity index is 1.76. The van der Waals surface area contributed by atoms with Crippen LogP contribution in [-0.4, -0.2) is 39.9 Å². The molecule has 6 heteroatoms. The highest BCUT2D eigenvalue weighted by atomic mass is 32.2. The molecule has 1 aromatic rings. The molecule has 98 valence electrons. The topological polar surface area (TPSA) is 40.6 Å². The number of anilines is 1. The van der Waals surface area contributed by atoms with Crippen molar-refractivity contribution in [3.05, 3.63) is 29.8 Å². The zero-order valence-electron chi connectivity index (χ0n) is 10.2. The zero-order chi connectivity index (χ0) is 13.4. The van der Waals surface area contributed by atoms with Crippen LogP contribution < -0.4 is 4.90 Å². The van der Waals surface area contributed by atoms with Crippen molar-refractivity contribution in [1.29, 1.82) is 0 Å². The highest BCUT2D eigenvalue weighted by molar-refractivity contribution is 8.23. The Hall–Kier alpha value is -1.40. The second-order valence-electron chi connectivity index (χ2n) is 4.46. The number of thiocarbonyl (C=S) groups is 1. The van der Waals surface area contributed by atoms with E-state index in [2.05, 4.69) is 0 Å². The Labute approximate surface area is 120 Å². The number of benzene rings is 1. The van der Waals surface area contributed by atoms with Gasteiger partial charge in [0.05, 0.1) is 5.75 Å². The summed E-state index contributed by atoms with van der Waals surface area (Å²) < 4.78 is 0.505. The predicted octanol–water partition coefficient (Wildman–Crippen LogP) is 1.44. The molecule has 3 rings (SSSR count). The second-order valence-corrected chi connectivity index (χ2v) is 6.07. The van der Waals surface area contributed by atoms with Gasteiger partial charge in [-0.2, -0.15) is 0 Å². The van der Waals surface area contributed by atoms with Crippen LogP contribution >= 0.6 is 24.0 Å². The summed E-state index contributed by atoms with van der Waals surface area (Å²) in [5.41, 5.74) is 2.14. The number of carbonyl (C=O) groups is 2. The SMILES string of the molecule is O=C1CSC(=S)N1CC(=O)N1CCc2ccccc21. The van der Waals surface area contributed by atoms with Crippen molar-refractivity contribution in [2.75, 3.05) is 23.7 Å². The summed E-state index contributed by atoms with van der Waals surface area (Å²) >= 11 is 6.41. The van der Waals surface area contributed by atoms with Gasteiger partial charge >= 0.3 is 0 Å². The summed E-state index contributed by atoms with van der Waals surface area (Å²) in [6.45, 7) is 0.735. The molecule has 2 heterocycles. The van der Waals surface area contributed by atoms with Crippen LogP contribution in [0.3, 0.4) is 0 Å². The lowest BCUT2D eigenvalue weighted by Gasteiger charge is -2.21. The molecule has 0 spiro atoms. The summed E-state index contributed by atoms with van der Waals surface area (Å²) in [6, 6.07) is 7.87. The van der Waals surface area contributed by atoms with Crippen LogP contribution in [0.1, 0.15) is 5.56 Å². The molecule has 0 radical (unpaired) electrons. The number of hydrogen-bond donors (Lipinski definition) is 0. The number of carbonyl (C=O) groups excluding carboxylic acids is 2. The van der Waals surface area contributed by atoms with E-state index in [-0.39, 0.29) is 18.4 Å². The predicted molar refractivity (Wildman–Crippen MR) is 79.3 cm³/mol. The number of hydrogen-bond acceptors (Lipinski definition) is 4. The lowest BCUT2D eigenvalue weighted by molar-refractivity contribution is -0.128. The molecule has 19 heavy (non-hydrogen) atoms.